The maximum absolute atomic E-state index is 12.6. The molecule has 4 heterocycles. The summed E-state index contributed by atoms with van der Waals surface area (Å²) in [4.78, 5) is 27.2. The highest BCUT2D eigenvalue weighted by Crippen LogP contribution is 2.28. The van der Waals surface area contributed by atoms with E-state index in [1.165, 1.54) is 12.1 Å². The van der Waals surface area contributed by atoms with Gasteiger partial charge in [0.2, 0.25) is 0 Å². The van der Waals surface area contributed by atoms with E-state index in [1.54, 1.807) is 24.5 Å². The monoisotopic (exact) mass is 491 g/mol. The van der Waals surface area contributed by atoms with E-state index in [2.05, 4.69) is 20.2 Å². The molecule has 0 atom stereocenters. The van der Waals surface area contributed by atoms with Crippen molar-refractivity contribution in [1.82, 2.24) is 19.9 Å². The Morgan fingerprint density at radius 2 is 1.86 bits per heavy atom. The number of benzene rings is 1. The molecule has 9 nitrogen and oxygen atoms in total. The van der Waals surface area contributed by atoms with Crippen LogP contribution in [0.5, 0.6) is 0 Å². The third-order valence-electron chi connectivity index (χ3n) is 5.91. The quantitative estimate of drug-likeness (QED) is 0.423. The van der Waals surface area contributed by atoms with Crippen molar-refractivity contribution in [2.75, 3.05) is 37.9 Å². The van der Waals surface area contributed by atoms with Gasteiger partial charge in [0.15, 0.2) is 9.84 Å². The Kier molecular flexibility index (Phi) is 6.33. The van der Waals surface area contributed by atoms with Gasteiger partial charge in [-0.05, 0) is 53.9 Å². The highest BCUT2D eigenvalue weighted by molar-refractivity contribution is 7.90. The van der Waals surface area contributed by atoms with Gasteiger partial charge in [-0.25, -0.2) is 13.4 Å². The molecule has 0 spiro atoms. The van der Waals surface area contributed by atoms with Gasteiger partial charge in [-0.2, -0.15) is 0 Å². The Hall–Kier alpha value is -3.60. The van der Waals surface area contributed by atoms with Gasteiger partial charge >= 0.3 is 0 Å². The Morgan fingerprint density at radius 3 is 2.54 bits per heavy atom. The molecule has 10 heteroatoms. The number of aromatic amines is 1. The van der Waals surface area contributed by atoms with Crippen molar-refractivity contribution in [2.45, 2.75) is 11.4 Å². The van der Waals surface area contributed by atoms with Gasteiger partial charge in [0.05, 0.1) is 34.9 Å². The van der Waals surface area contributed by atoms with Crippen molar-refractivity contribution in [3.05, 3.63) is 77.0 Å². The SMILES string of the molecule is CS(=O)(=O)c1ccc(Nc2nc(-c3ccc(CN4CCOCC4)nc3)cc3cc[nH]c(=O)c23)cc1. The first kappa shape index (κ1) is 23.2. The number of ether oxygens (including phenoxy) is 1. The number of nitrogens with zero attached hydrogens (tertiary/aromatic N) is 3. The number of fused-ring (bicyclic) bond motifs is 1. The molecule has 1 aliphatic heterocycles. The molecule has 2 N–H and O–H groups in total. The summed E-state index contributed by atoms with van der Waals surface area (Å²) >= 11 is 0. The third kappa shape index (κ3) is 5.24. The van der Waals surface area contributed by atoms with Crippen molar-refractivity contribution < 1.29 is 13.2 Å². The Labute approximate surface area is 202 Å². The summed E-state index contributed by atoms with van der Waals surface area (Å²) in [6.45, 7) is 4.03. The predicted octanol–water partition coefficient (Wildman–Crippen LogP) is 2.96. The lowest BCUT2D eigenvalue weighted by Gasteiger charge is -2.26. The van der Waals surface area contributed by atoms with Crippen molar-refractivity contribution in [1.29, 1.82) is 0 Å². The molecule has 3 aromatic heterocycles. The molecular formula is C25H25N5O4S. The molecule has 0 unspecified atom stereocenters. The van der Waals surface area contributed by atoms with Crippen LogP contribution in [0.3, 0.4) is 0 Å². The molecule has 0 saturated carbocycles. The molecule has 1 fully saturated rings. The van der Waals surface area contributed by atoms with Crippen LogP contribution in [0.15, 0.2) is 70.6 Å². The number of morpholine rings is 1. The maximum atomic E-state index is 12.6. The van der Waals surface area contributed by atoms with Crippen LogP contribution in [0.1, 0.15) is 5.69 Å². The number of hydrogen-bond donors (Lipinski definition) is 2. The fraction of sp³-hybridized carbons (Fsp3) is 0.240. The fourth-order valence-corrected chi connectivity index (χ4v) is 4.66. The summed E-state index contributed by atoms with van der Waals surface area (Å²) in [7, 11) is -3.30. The first-order valence-corrected chi connectivity index (χ1v) is 13.1. The molecule has 5 rings (SSSR count). The number of aromatic nitrogens is 3. The lowest BCUT2D eigenvalue weighted by Crippen LogP contribution is -2.35. The van der Waals surface area contributed by atoms with Crippen LogP contribution >= 0.6 is 0 Å². The minimum absolute atomic E-state index is 0.218. The van der Waals surface area contributed by atoms with E-state index >= 15 is 0 Å². The van der Waals surface area contributed by atoms with Crippen LogP contribution < -0.4 is 10.9 Å². The number of H-pyrrole nitrogens is 1. The second-order valence-electron chi connectivity index (χ2n) is 8.48. The van der Waals surface area contributed by atoms with E-state index in [4.69, 9.17) is 9.72 Å². The minimum atomic E-state index is -3.30. The van der Waals surface area contributed by atoms with Crippen LogP contribution in [0.25, 0.3) is 22.0 Å². The number of sulfone groups is 1. The van der Waals surface area contributed by atoms with E-state index in [-0.39, 0.29) is 10.5 Å². The molecule has 180 valence electrons. The number of hydrogen-bond acceptors (Lipinski definition) is 8. The summed E-state index contributed by atoms with van der Waals surface area (Å²) in [6, 6.07) is 14.0. The van der Waals surface area contributed by atoms with Crippen LogP contribution in [0.2, 0.25) is 0 Å². The van der Waals surface area contributed by atoms with Gasteiger partial charge < -0.3 is 15.0 Å². The highest BCUT2D eigenvalue weighted by Gasteiger charge is 2.14. The van der Waals surface area contributed by atoms with Crippen molar-refractivity contribution in [3.63, 3.8) is 0 Å². The predicted molar refractivity (Wildman–Crippen MR) is 135 cm³/mol. The van der Waals surface area contributed by atoms with Gasteiger partial charge in [-0.3, -0.25) is 14.7 Å². The summed E-state index contributed by atoms with van der Waals surface area (Å²) in [5, 5.41) is 4.32. The van der Waals surface area contributed by atoms with Crippen molar-refractivity contribution in [2.24, 2.45) is 0 Å². The molecule has 0 aliphatic carbocycles. The zero-order valence-corrected chi connectivity index (χ0v) is 20.0. The summed E-state index contributed by atoms with van der Waals surface area (Å²) in [6.07, 6.45) is 4.55. The largest absolute Gasteiger partial charge is 0.379 e. The van der Waals surface area contributed by atoms with Gasteiger partial charge in [0.1, 0.15) is 5.82 Å². The second-order valence-corrected chi connectivity index (χ2v) is 10.5. The molecule has 35 heavy (non-hydrogen) atoms. The maximum Gasteiger partial charge on any atom is 0.259 e. The smallest absolute Gasteiger partial charge is 0.259 e. The Morgan fingerprint density at radius 1 is 1.09 bits per heavy atom. The van der Waals surface area contributed by atoms with Crippen LogP contribution in [-0.2, 0) is 21.1 Å². The average Bonchev–Trinajstić information content (AvgIpc) is 2.85. The molecule has 4 aromatic rings. The lowest BCUT2D eigenvalue weighted by atomic mass is 10.1. The van der Waals surface area contributed by atoms with E-state index in [0.717, 1.165) is 55.7 Å². The summed E-state index contributed by atoms with van der Waals surface area (Å²) in [5.74, 6) is 0.379. The minimum Gasteiger partial charge on any atom is -0.379 e. The van der Waals surface area contributed by atoms with Crippen molar-refractivity contribution >= 4 is 32.1 Å². The average molecular weight is 492 g/mol. The Balaban J connectivity index is 1.47. The van der Waals surface area contributed by atoms with E-state index in [9.17, 15) is 13.2 Å². The van der Waals surface area contributed by atoms with Gasteiger partial charge in [-0.1, -0.05) is 0 Å². The van der Waals surface area contributed by atoms with Crippen LogP contribution in [0, 0.1) is 0 Å². The normalized spacial score (nSPS) is 14.8. The fourth-order valence-electron chi connectivity index (χ4n) is 4.03. The van der Waals surface area contributed by atoms with Crippen LogP contribution in [0.4, 0.5) is 11.5 Å². The zero-order chi connectivity index (χ0) is 24.4. The molecule has 1 aromatic carbocycles. The molecule has 1 aliphatic rings. The Bertz CT molecular complexity index is 1510. The molecule has 1 saturated heterocycles. The topological polar surface area (TPSA) is 117 Å². The van der Waals surface area contributed by atoms with Gasteiger partial charge in [-0.15, -0.1) is 0 Å². The molecule has 0 bridgehead atoms. The number of pyridine rings is 3. The van der Waals surface area contributed by atoms with Gasteiger partial charge in [0.25, 0.3) is 5.56 Å². The number of anilines is 2. The highest BCUT2D eigenvalue weighted by atomic mass is 32.2. The molecule has 0 radical (unpaired) electrons. The zero-order valence-electron chi connectivity index (χ0n) is 19.2. The van der Waals surface area contributed by atoms with Crippen molar-refractivity contribution in [3.8, 4) is 11.3 Å². The standard InChI is InChI=1S/C25H25N5O4S/c1-35(32,33)21-6-4-19(5-7-21)28-24-23-17(8-9-26-25(23)31)14-22(29-24)18-2-3-20(27-15-18)16-30-10-12-34-13-11-30/h2-9,14-15H,10-13,16H2,1H3,(H,26,31)(H,28,29). The number of nitrogens with one attached hydrogen (secondary N) is 2. The third-order valence-corrected chi connectivity index (χ3v) is 7.04. The van der Waals surface area contributed by atoms with E-state index < -0.39 is 9.84 Å². The van der Waals surface area contributed by atoms with E-state index in [1.807, 2.05) is 24.3 Å². The summed E-state index contributed by atoms with van der Waals surface area (Å²) < 4.78 is 28.9. The molecule has 0 amide bonds. The molecular weight excluding hydrogens is 466 g/mol. The van der Waals surface area contributed by atoms with Gasteiger partial charge in [0, 0.05) is 49.5 Å². The van der Waals surface area contributed by atoms with E-state index in [0.29, 0.717) is 22.6 Å². The number of rotatable bonds is 6. The second kappa shape index (κ2) is 9.57. The van der Waals surface area contributed by atoms with Crippen LogP contribution in [-0.4, -0.2) is 60.8 Å². The first-order chi connectivity index (χ1) is 16.9. The summed E-state index contributed by atoms with van der Waals surface area (Å²) in [5.41, 5.74) is 2.82. The first-order valence-electron chi connectivity index (χ1n) is 11.2. The lowest BCUT2D eigenvalue weighted by molar-refractivity contribution is 0.0336.